The molecule has 27 heavy (non-hydrogen) atoms. The molecule has 0 saturated heterocycles. The van der Waals surface area contributed by atoms with Crippen molar-refractivity contribution in [2.75, 3.05) is 10.7 Å². The summed E-state index contributed by atoms with van der Waals surface area (Å²) in [5, 5.41) is 12.7. The number of thioether (sulfide) groups is 1. The molecule has 1 unspecified atom stereocenters. The molecule has 0 radical (unpaired) electrons. The molecule has 144 valence electrons. The minimum absolute atomic E-state index is 0.0309. The molecule has 1 heterocycles. The molecule has 1 N–H and O–H groups in total. The van der Waals surface area contributed by atoms with Gasteiger partial charge in [0.05, 0.1) is 11.8 Å². The Morgan fingerprint density at radius 3 is 2.74 bits per heavy atom. The zero-order chi connectivity index (χ0) is 19.6. The highest BCUT2D eigenvalue weighted by atomic mass is 35.5. The highest BCUT2D eigenvalue weighted by Gasteiger charge is 2.34. The number of rotatable bonds is 7. The number of amides is 2. The minimum Gasteiger partial charge on any atom is -0.349 e. The number of anilines is 1. The van der Waals surface area contributed by atoms with Gasteiger partial charge in [0.25, 0.3) is 0 Å². The summed E-state index contributed by atoms with van der Waals surface area (Å²) in [6.07, 6.45) is 1.99. The van der Waals surface area contributed by atoms with Gasteiger partial charge >= 0.3 is 0 Å². The average molecular weight is 445 g/mol. The van der Waals surface area contributed by atoms with Crippen molar-refractivity contribution in [2.45, 2.75) is 43.1 Å². The Morgan fingerprint density at radius 2 is 2.11 bits per heavy atom. The smallest absolute Gasteiger partial charge is 0.230 e. The van der Waals surface area contributed by atoms with Gasteiger partial charge in [0.1, 0.15) is 0 Å². The zero-order valence-corrected chi connectivity index (χ0v) is 17.9. The van der Waals surface area contributed by atoms with Gasteiger partial charge in [-0.3, -0.25) is 14.5 Å². The number of halogens is 2. The number of carbonyl (C=O) groups is 2. The SMILES string of the molecule is CC(=O)N(c1nnc(SCC(=O)NC(C)c2ccc(Cl)cc2Cl)s1)C1CC1. The Hall–Kier alpha value is -1.35. The second-order valence-electron chi connectivity index (χ2n) is 6.21. The molecule has 1 aliphatic rings. The van der Waals surface area contributed by atoms with E-state index >= 15 is 0 Å². The molecule has 0 aliphatic heterocycles. The maximum absolute atomic E-state index is 12.2. The second kappa shape index (κ2) is 8.77. The number of nitrogens with one attached hydrogen (secondary N) is 1. The lowest BCUT2D eigenvalue weighted by Gasteiger charge is -2.16. The van der Waals surface area contributed by atoms with E-state index < -0.39 is 0 Å². The van der Waals surface area contributed by atoms with Gasteiger partial charge in [0.15, 0.2) is 4.34 Å². The molecule has 3 rings (SSSR count). The largest absolute Gasteiger partial charge is 0.349 e. The van der Waals surface area contributed by atoms with Crippen LogP contribution in [0.15, 0.2) is 22.5 Å². The number of benzene rings is 1. The fraction of sp³-hybridized carbons (Fsp3) is 0.412. The molecule has 2 amide bonds. The highest BCUT2D eigenvalue weighted by molar-refractivity contribution is 8.01. The third kappa shape index (κ3) is 5.34. The van der Waals surface area contributed by atoms with Crippen molar-refractivity contribution in [3.05, 3.63) is 33.8 Å². The molecule has 2 aromatic rings. The fourth-order valence-corrected chi connectivity index (χ4v) is 4.92. The lowest BCUT2D eigenvalue weighted by atomic mass is 10.1. The number of nitrogens with zero attached hydrogens (tertiary/aromatic N) is 3. The van der Waals surface area contributed by atoms with Crippen LogP contribution in [0.3, 0.4) is 0 Å². The molecular formula is C17H18Cl2N4O2S2. The van der Waals surface area contributed by atoms with Crippen LogP contribution in [0.4, 0.5) is 5.13 Å². The Balaban J connectivity index is 1.54. The molecule has 1 aromatic heterocycles. The van der Waals surface area contributed by atoms with Crippen LogP contribution in [0.2, 0.25) is 10.0 Å². The predicted molar refractivity (Wildman–Crippen MR) is 110 cm³/mol. The summed E-state index contributed by atoms with van der Waals surface area (Å²) in [6, 6.07) is 5.19. The van der Waals surface area contributed by atoms with Crippen LogP contribution in [0.25, 0.3) is 0 Å². The highest BCUT2D eigenvalue weighted by Crippen LogP contribution is 2.35. The Bertz CT molecular complexity index is 857. The molecule has 1 aromatic carbocycles. The predicted octanol–water partition coefficient (Wildman–Crippen LogP) is 4.33. The number of hydrogen-bond donors (Lipinski definition) is 1. The first kappa shape index (κ1) is 20.4. The van der Waals surface area contributed by atoms with Crippen molar-refractivity contribution in [3.63, 3.8) is 0 Å². The van der Waals surface area contributed by atoms with Crippen LogP contribution in [0.1, 0.15) is 38.3 Å². The van der Waals surface area contributed by atoms with Crippen LogP contribution in [-0.2, 0) is 9.59 Å². The normalized spacial score (nSPS) is 14.7. The van der Waals surface area contributed by atoms with Crippen molar-refractivity contribution < 1.29 is 9.59 Å². The van der Waals surface area contributed by atoms with E-state index in [-0.39, 0.29) is 29.7 Å². The zero-order valence-electron chi connectivity index (χ0n) is 14.7. The monoisotopic (exact) mass is 444 g/mol. The average Bonchev–Trinajstić information content (AvgIpc) is 3.30. The third-order valence-electron chi connectivity index (χ3n) is 3.99. The van der Waals surface area contributed by atoms with Gasteiger partial charge in [-0.15, -0.1) is 10.2 Å². The maximum atomic E-state index is 12.2. The van der Waals surface area contributed by atoms with Gasteiger partial charge in [-0.1, -0.05) is 52.4 Å². The van der Waals surface area contributed by atoms with Crippen molar-refractivity contribution in [1.29, 1.82) is 0 Å². The van der Waals surface area contributed by atoms with Crippen LogP contribution in [0, 0.1) is 0 Å². The lowest BCUT2D eigenvalue weighted by molar-refractivity contribution is -0.119. The van der Waals surface area contributed by atoms with E-state index in [0.717, 1.165) is 18.4 Å². The molecule has 1 fully saturated rings. The van der Waals surface area contributed by atoms with Crippen molar-refractivity contribution in [2.24, 2.45) is 0 Å². The van der Waals surface area contributed by atoms with E-state index in [1.807, 2.05) is 6.92 Å². The number of hydrogen-bond acceptors (Lipinski definition) is 6. The second-order valence-corrected chi connectivity index (χ2v) is 9.24. The summed E-state index contributed by atoms with van der Waals surface area (Å²) < 4.78 is 0.657. The van der Waals surface area contributed by atoms with Gasteiger partial charge in [-0.25, -0.2) is 0 Å². The quantitative estimate of drug-likeness (QED) is 0.507. The summed E-state index contributed by atoms with van der Waals surface area (Å²) in [7, 11) is 0. The standard InChI is InChI=1S/C17H18Cl2N4O2S2/c1-9(13-6-3-11(18)7-14(13)19)20-15(25)8-26-17-22-21-16(27-17)23(10(2)24)12-4-5-12/h3,6-7,9,12H,4-5,8H2,1-2H3,(H,20,25). The first-order chi connectivity index (χ1) is 12.8. The van der Waals surface area contributed by atoms with E-state index in [2.05, 4.69) is 15.5 Å². The van der Waals surface area contributed by atoms with E-state index in [1.165, 1.54) is 30.0 Å². The fourth-order valence-electron chi connectivity index (χ4n) is 2.58. The van der Waals surface area contributed by atoms with E-state index in [1.54, 1.807) is 23.1 Å². The van der Waals surface area contributed by atoms with Crippen molar-refractivity contribution >= 4 is 63.2 Å². The van der Waals surface area contributed by atoms with Crippen molar-refractivity contribution in [1.82, 2.24) is 15.5 Å². The van der Waals surface area contributed by atoms with Gasteiger partial charge in [-0.05, 0) is 37.5 Å². The number of carbonyl (C=O) groups excluding carboxylic acids is 2. The molecule has 1 saturated carbocycles. The molecule has 1 atom stereocenters. The summed E-state index contributed by atoms with van der Waals surface area (Å²) in [4.78, 5) is 25.7. The lowest BCUT2D eigenvalue weighted by Crippen LogP contribution is -2.30. The van der Waals surface area contributed by atoms with Gasteiger partial charge in [0.2, 0.25) is 16.9 Å². The maximum Gasteiger partial charge on any atom is 0.230 e. The van der Waals surface area contributed by atoms with E-state index in [0.29, 0.717) is 19.5 Å². The Kier molecular flexibility index (Phi) is 6.62. The minimum atomic E-state index is -0.240. The molecule has 6 nitrogen and oxygen atoms in total. The van der Waals surface area contributed by atoms with E-state index in [4.69, 9.17) is 23.2 Å². The molecule has 1 aliphatic carbocycles. The molecule has 0 spiro atoms. The molecular weight excluding hydrogens is 427 g/mol. The molecule has 0 bridgehead atoms. The van der Waals surface area contributed by atoms with Gasteiger partial charge < -0.3 is 5.32 Å². The summed E-state index contributed by atoms with van der Waals surface area (Å²) in [5.74, 6) is 0.0331. The Morgan fingerprint density at radius 1 is 1.37 bits per heavy atom. The first-order valence-corrected chi connectivity index (χ1v) is 10.9. The van der Waals surface area contributed by atoms with Crippen LogP contribution in [0.5, 0.6) is 0 Å². The first-order valence-electron chi connectivity index (χ1n) is 8.35. The Labute approximate surface area is 175 Å². The topological polar surface area (TPSA) is 75.2 Å². The summed E-state index contributed by atoms with van der Waals surface area (Å²) >= 11 is 14.7. The molecule has 10 heteroatoms. The van der Waals surface area contributed by atoms with Crippen LogP contribution >= 0.6 is 46.3 Å². The summed E-state index contributed by atoms with van der Waals surface area (Å²) in [5.41, 5.74) is 0.805. The summed E-state index contributed by atoms with van der Waals surface area (Å²) in [6.45, 7) is 3.39. The van der Waals surface area contributed by atoms with Crippen LogP contribution in [-0.4, -0.2) is 33.8 Å². The van der Waals surface area contributed by atoms with Gasteiger partial charge in [0, 0.05) is 23.0 Å². The van der Waals surface area contributed by atoms with Gasteiger partial charge in [-0.2, -0.15) is 0 Å². The number of aromatic nitrogens is 2. The van der Waals surface area contributed by atoms with Crippen LogP contribution < -0.4 is 10.2 Å². The third-order valence-corrected chi connectivity index (χ3v) is 6.60. The van der Waals surface area contributed by atoms with Crippen molar-refractivity contribution in [3.8, 4) is 0 Å². The van der Waals surface area contributed by atoms with E-state index in [9.17, 15) is 9.59 Å².